The highest BCUT2D eigenvalue weighted by molar-refractivity contribution is 5.30. The molecule has 2 rings (SSSR count). The second-order valence-corrected chi connectivity index (χ2v) is 7.11. The Bertz CT molecular complexity index is 466. The molecule has 0 spiro atoms. The summed E-state index contributed by atoms with van der Waals surface area (Å²) in [6.45, 7) is 8.69. The van der Waals surface area contributed by atoms with Crippen LogP contribution in [0.2, 0.25) is 0 Å². The largest absolute Gasteiger partial charge is 0.317 e. The Morgan fingerprint density at radius 2 is 1.95 bits per heavy atom. The molecule has 112 valence electrons. The zero-order valence-corrected chi connectivity index (χ0v) is 13.5. The fourth-order valence-electron chi connectivity index (χ4n) is 3.77. The van der Waals surface area contributed by atoms with Gasteiger partial charge in [0.15, 0.2) is 0 Å². The van der Waals surface area contributed by atoms with Gasteiger partial charge in [-0.05, 0) is 61.3 Å². The average molecular weight is 277 g/mol. The number of hydrogen-bond acceptors (Lipinski definition) is 1. The van der Waals surface area contributed by atoms with E-state index in [-0.39, 0.29) is 11.2 Å². The van der Waals surface area contributed by atoms with Crippen LogP contribution in [-0.4, -0.2) is 13.1 Å². The third kappa shape index (κ3) is 2.90. The smallest absolute Gasteiger partial charge is 0.126 e. The summed E-state index contributed by atoms with van der Waals surface area (Å²) in [5.74, 6) is 1.26. The molecule has 1 aliphatic carbocycles. The quantitative estimate of drug-likeness (QED) is 0.861. The van der Waals surface area contributed by atoms with Gasteiger partial charge in [-0.3, -0.25) is 0 Å². The van der Waals surface area contributed by atoms with Crippen LogP contribution in [0.3, 0.4) is 0 Å². The van der Waals surface area contributed by atoms with E-state index in [0.717, 1.165) is 17.0 Å². The zero-order chi connectivity index (χ0) is 14.9. The summed E-state index contributed by atoms with van der Waals surface area (Å²) in [6.07, 6.45) is 3.72. The monoisotopic (exact) mass is 277 g/mol. The lowest BCUT2D eigenvalue weighted by Gasteiger charge is -2.44. The van der Waals surface area contributed by atoms with Crippen molar-refractivity contribution in [3.05, 3.63) is 35.1 Å². The molecule has 2 heteroatoms. The summed E-state index contributed by atoms with van der Waals surface area (Å²) in [5, 5.41) is 3.49. The van der Waals surface area contributed by atoms with Crippen molar-refractivity contribution in [1.29, 1.82) is 0 Å². The first-order valence-corrected chi connectivity index (χ1v) is 7.80. The van der Waals surface area contributed by atoms with E-state index < -0.39 is 0 Å². The average Bonchev–Trinajstić information content (AvgIpc) is 2.41. The Hall–Kier alpha value is -0.890. The summed E-state index contributed by atoms with van der Waals surface area (Å²) in [4.78, 5) is 0. The lowest BCUT2D eigenvalue weighted by molar-refractivity contribution is 0.151. The molecule has 3 unspecified atom stereocenters. The second-order valence-electron chi connectivity index (χ2n) is 7.11. The fraction of sp³-hybridized carbons (Fsp3) is 0.667. The highest BCUT2D eigenvalue weighted by Crippen LogP contribution is 2.42. The molecular formula is C18H28FN. The molecule has 1 nitrogen and oxygen atoms in total. The molecule has 1 aromatic rings. The van der Waals surface area contributed by atoms with E-state index in [2.05, 4.69) is 39.2 Å². The van der Waals surface area contributed by atoms with Crippen LogP contribution in [0, 0.1) is 24.6 Å². The number of halogens is 1. The maximum Gasteiger partial charge on any atom is 0.126 e. The molecule has 0 radical (unpaired) electrons. The van der Waals surface area contributed by atoms with E-state index in [9.17, 15) is 4.39 Å². The van der Waals surface area contributed by atoms with Crippen molar-refractivity contribution < 1.29 is 4.39 Å². The van der Waals surface area contributed by atoms with Gasteiger partial charge >= 0.3 is 0 Å². The van der Waals surface area contributed by atoms with Gasteiger partial charge in [-0.1, -0.05) is 39.3 Å². The van der Waals surface area contributed by atoms with Crippen molar-refractivity contribution in [2.75, 3.05) is 7.05 Å². The van der Waals surface area contributed by atoms with Crippen molar-refractivity contribution in [3.8, 4) is 0 Å². The first-order valence-electron chi connectivity index (χ1n) is 7.80. The van der Waals surface area contributed by atoms with Crippen LogP contribution in [0.5, 0.6) is 0 Å². The summed E-state index contributed by atoms with van der Waals surface area (Å²) >= 11 is 0. The third-order valence-electron chi connectivity index (χ3n) is 5.33. The first kappa shape index (κ1) is 15.5. The number of benzene rings is 1. The van der Waals surface area contributed by atoms with Crippen molar-refractivity contribution in [2.24, 2.45) is 11.8 Å². The molecule has 1 aliphatic rings. The van der Waals surface area contributed by atoms with E-state index in [1.807, 2.05) is 13.0 Å². The van der Waals surface area contributed by atoms with Crippen LogP contribution >= 0.6 is 0 Å². The van der Waals surface area contributed by atoms with E-state index in [1.54, 1.807) is 6.07 Å². The number of nitrogens with one attached hydrogen (secondary N) is 1. The van der Waals surface area contributed by atoms with E-state index in [4.69, 9.17) is 0 Å². The second kappa shape index (κ2) is 5.85. The Balaban J connectivity index is 2.30. The SMILES string of the molecule is CNC1CC(C)CCC1C(C)(C)c1ccc(C)c(F)c1. The number of hydrogen-bond donors (Lipinski definition) is 1. The van der Waals surface area contributed by atoms with E-state index in [1.165, 1.54) is 19.3 Å². The topological polar surface area (TPSA) is 12.0 Å². The summed E-state index contributed by atoms with van der Waals surface area (Å²) in [5.41, 5.74) is 1.86. The van der Waals surface area contributed by atoms with Crippen LogP contribution < -0.4 is 5.32 Å². The molecule has 1 aromatic carbocycles. The minimum absolute atomic E-state index is 0.00234. The van der Waals surface area contributed by atoms with E-state index in [0.29, 0.717) is 12.0 Å². The fourth-order valence-corrected chi connectivity index (χ4v) is 3.77. The van der Waals surface area contributed by atoms with Crippen LogP contribution in [0.25, 0.3) is 0 Å². The van der Waals surface area contributed by atoms with Gasteiger partial charge < -0.3 is 5.32 Å². The van der Waals surface area contributed by atoms with Crippen LogP contribution in [0.15, 0.2) is 18.2 Å². The predicted octanol–water partition coefficient (Wildman–Crippen LogP) is 4.44. The van der Waals surface area contributed by atoms with Gasteiger partial charge in [0.2, 0.25) is 0 Å². The molecule has 0 saturated heterocycles. The molecule has 20 heavy (non-hydrogen) atoms. The number of aryl methyl sites for hydroxylation is 1. The molecule has 0 aromatic heterocycles. The molecule has 1 saturated carbocycles. The summed E-state index contributed by atoms with van der Waals surface area (Å²) in [7, 11) is 2.06. The van der Waals surface area contributed by atoms with Gasteiger partial charge in [0.25, 0.3) is 0 Å². The van der Waals surface area contributed by atoms with Crippen LogP contribution in [0.1, 0.15) is 51.2 Å². The molecule has 0 aliphatic heterocycles. The molecule has 0 amide bonds. The highest BCUT2D eigenvalue weighted by Gasteiger charge is 2.39. The Kier molecular flexibility index (Phi) is 4.53. The van der Waals surface area contributed by atoms with Crippen molar-refractivity contribution in [1.82, 2.24) is 5.32 Å². The minimum Gasteiger partial charge on any atom is -0.317 e. The third-order valence-corrected chi connectivity index (χ3v) is 5.33. The van der Waals surface area contributed by atoms with Gasteiger partial charge in [0, 0.05) is 6.04 Å². The molecule has 1 fully saturated rings. The van der Waals surface area contributed by atoms with Gasteiger partial charge in [-0.2, -0.15) is 0 Å². The van der Waals surface area contributed by atoms with Crippen molar-refractivity contribution in [3.63, 3.8) is 0 Å². The minimum atomic E-state index is -0.0826. The summed E-state index contributed by atoms with van der Waals surface area (Å²) in [6, 6.07) is 6.27. The Morgan fingerprint density at radius 1 is 1.25 bits per heavy atom. The lowest BCUT2D eigenvalue weighted by atomic mass is 9.63. The molecule has 0 heterocycles. The standard InChI is InChI=1S/C18H28FN/c1-12-6-9-15(17(10-12)20-5)18(3,4)14-8-7-13(2)16(19)11-14/h7-8,11-12,15,17,20H,6,9-10H2,1-5H3. The lowest BCUT2D eigenvalue weighted by Crippen LogP contribution is -2.47. The Morgan fingerprint density at radius 3 is 2.55 bits per heavy atom. The Labute approximate surface area is 123 Å². The normalized spacial score (nSPS) is 27.6. The molecular weight excluding hydrogens is 249 g/mol. The highest BCUT2D eigenvalue weighted by atomic mass is 19.1. The number of rotatable bonds is 3. The van der Waals surface area contributed by atoms with Crippen molar-refractivity contribution >= 4 is 0 Å². The zero-order valence-electron chi connectivity index (χ0n) is 13.5. The summed E-state index contributed by atoms with van der Waals surface area (Å²) < 4.78 is 13.9. The molecule has 0 bridgehead atoms. The predicted molar refractivity (Wildman–Crippen MR) is 83.5 cm³/mol. The van der Waals surface area contributed by atoms with Gasteiger partial charge in [-0.25, -0.2) is 4.39 Å². The molecule has 1 N–H and O–H groups in total. The van der Waals surface area contributed by atoms with Gasteiger partial charge in [0.1, 0.15) is 5.82 Å². The maximum absolute atomic E-state index is 13.9. The van der Waals surface area contributed by atoms with Gasteiger partial charge in [0.05, 0.1) is 0 Å². The maximum atomic E-state index is 13.9. The van der Waals surface area contributed by atoms with Crippen molar-refractivity contribution in [2.45, 2.75) is 58.4 Å². The first-order chi connectivity index (χ1) is 9.36. The van der Waals surface area contributed by atoms with Gasteiger partial charge in [-0.15, -0.1) is 0 Å². The van der Waals surface area contributed by atoms with E-state index >= 15 is 0 Å². The molecule has 3 atom stereocenters. The van der Waals surface area contributed by atoms with Crippen LogP contribution in [-0.2, 0) is 5.41 Å². The van der Waals surface area contributed by atoms with Crippen LogP contribution in [0.4, 0.5) is 4.39 Å².